The van der Waals surface area contributed by atoms with Crippen molar-refractivity contribution in [2.75, 3.05) is 25.5 Å². The van der Waals surface area contributed by atoms with Crippen LogP contribution in [0.5, 0.6) is 0 Å². The molecule has 0 aromatic rings. The number of allylic oxidation sites excluding steroid dienone is 4. The lowest BCUT2D eigenvalue weighted by Crippen LogP contribution is -2.71. The maximum Gasteiger partial charge on any atom is 0.352 e. The van der Waals surface area contributed by atoms with Gasteiger partial charge in [-0.3, -0.25) is 19.3 Å². The minimum absolute atomic E-state index is 0.116. The van der Waals surface area contributed by atoms with E-state index in [-0.39, 0.29) is 60.7 Å². The van der Waals surface area contributed by atoms with Crippen molar-refractivity contribution in [1.29, 1.82) is 0 Å². The van der Waals surface area contributed by atoms with Crippen molar-refractivity contribution in [3.05, 3.63) is 69.6 Å². The van der Waals surface area contributed by atoms with Crippen LogP contribution in [-0.4, -0.2) is 104 Å². The molecule has 4 aliphatic heterocycles. The fourth-order valence-electron chi connectivity index (χ4n) is 4.42. The first-order valence-electron chi connectivity index (χ1n) is 14.4. The Labute approximate surface area is 283 Å². The first-order valence-corrected chi connectivity index (χ1v) is 16.3. The summed E-state index contributed by atoms with van der Waals surface area (Å²) in [6.45, 7) is 3.18. The summed E-state index contributed by atoms with van der Waals surface area (Å²) in [5.41, 5.74) is 15.8. The first-order chi connectivity index (χ1) is 22.7. The summed E-state index contributed by atoms with van der Waals surface area (Å²) in [6, 6.07) is -1.10. The largest absolute Gasteiger partial charge is 0.478 e. The molecule has 256 valence electrons. The second-order valence-electron chi connectivity index (χ2n) is 11.0. The summed E-state index contributed by atoms with van der Waals surface area (Å²) in [4.78, 5) is 74.9. The maximum atomic E-state index is 13.5. The van der Waals surface area contributed by atoms with Crippen molar-refractivity contribution in [3.8, 4) is 0 Å². The Hall–Kier alpha value is -5.01. The van der Waals surface area contributed by atoms with Crippen LogP contribution in [0.25, 0.3) is 0 Å². The predicted molar refractivity (Wildman–Crippen MR) is 179 cm³/mol. The zero-order valence-corrected chi connectivity index (χ0v) is 27.5. The third kappa shape index (κ3) is 8.28. The van der Waals surface area contributed by atoms with Crippen LogP contribution in [0.4, 0.5) is 0 Å². The molecule has 1 saturated heterocycles. The number of hydrogen-bond donors (Lipinski definition) is 7. The average molecular weight is 702 g/mol. The third-order valence-electron chi connectivity index (χ3n) is 7.03. The molecule has 1 unspecified atom stereocenters. The molecule has 2 atom stereocenters. The number of carbonyl (C=O) groups is 5. The molecule has 0 radical (unpaired) electrons. The van der Waals surface area contributed by atoms with Gasteiger partial charge in [0.15, 0.2) is 5.71 Å². The second-order valence-corrected chi connectivity index (χ2v) is 13.0. The Bertz CT molecular complexity index is 1640. The van der Waals surface area contributed by atoms with E-state index >= 15 is 0 Å². The molecule has 0 spiro atoms. The van der Waals surface area contributed by atoms with Gasteiger partial charge in [0.25, 0.3) is 11.8 Å². The molecule has 19 heteroatoms. The van der Waals surface area contributed by atoms with Gasteiger partial charge < -0.3 is 47.8 Å². The molecular weight excluding hydrogens is 667 g/mol. The van der Waals surface area contributed by atoms with Crippen molar-refractivity contribution in [2.45, 2.75) is 37.3 Å². The van der Waals surface area contributed by atoms with Gasteiger partial charge in [-0.25, -0.2) is 14.6 Å². The number of thioether (sulfide) groups is 2. The highest BCUT2D eigenvalue weighted by atomic mass is 32.2. The van der Waals surface area contributed by atoms with Gasteiger partial charge in [-0.15, -0.1) is 11.8 Å². The van der Waals surface area contributed by atoms with Gasteiger partial charge in [0.2, 0.25) is 11.5 Å². The molecule has 4 aliphatic rings. The number of oxime groups is 1. The molecular formula is C29H35N9O8S2. The smallest absolute Gasteiger partial charge is 0.352 e. The number of amides is 3. The lowest BCUT2D eigenvalue weighted by Gasteiger charge is -2.49. The molecule has 4 heterocycles. The highest BCUT2D eigenvalue weighted by Crippen LogP contribution is 2.40. The van der Waals surface area contributed by atoms with Gasteiger partial charge in [-0.05, 0) is 30.9 Å². The number of nitrogens with one attached hydrogen (secondary N) is 2. The van der Waals surface area contributed by atoms with Crippen molar-refractivity contribution < 1.29 is 39.0 Å². The topological polar surface area (TPSA) is 268 Å². The second kappa shape index (κ2) is 15.3. The van der Waals surface area contributed by atoms with Crippen LogP contribution in [0.3, 0.4) is 0 Å². The number of aliphatic imine (C=N–C) groups is 1. The fourth-order valence-corrected chi connectivity index (χ4v) is 6.35. The van der Waals surface area contributed by atoms with Crippen LogP contribution in [0.1, 0.15) is 20.3 Å². The van der Waals surface area contributed by atoms with Gasteiger partial charge in [0.05, 0.1) is 10.7 Å². The Morgan fingerprint density at radius 3 is 2.69 bits per heavy atom. The zero-order valence-electron chi connectivity index (χ0n) is 25.9. The molecule has 0 aliphatic carbocycles. The van der Waals surface area contributed by atoms with E-state index in [0.29, 0.717) is 16.3 Å². The number of nitrogens with two attached hydrogens (primary N) is 3. The number of nitrogens with zero attached hydrogens (tertiary/aromatic N) is 4. The molecule has 1 fully saturated rings. The van der Waals surface area contributed by atoms with E-state index in [1.54, 1.807) is 35.4 Å². The molecule has 3 amide bonds. The van der Waals surface area contributed by atoms with Crippen molar-refractivity contribution >= 4 is 64.7 Å². The molecule has 0 saturated carbocycles. The first kappa shape index (κ1) is 35.8. The van der Waals surface area contributed by atoms with E-state index in [2.05, 4.69) is 20.8 Å². The minimum Gasteiger partial charge on any atom is -0.478 e. The standard InChI is InChI=1S/C29H35N9O8S2/c1-29(2,28(44)45)46-36-20(15-5-3-7-18(31)47-12-15)24(40)35-21-25(41)38-22(27(42)43)16(13-48-26(21)38)6-4-10-37-11-17(23(32)33-14-37)34-19(39)8-9-30/h3-7,11-12,21,26H,8-10,13-14,30-31H2,1-2H3,(H2,32,33)(H,34,39)(H,35,40)(H,42,43)(H,44,45)/b6-4+,36-20-/t21-,26?/m1/s1. The summed E-state index contributed by atoms with van der Waals surface area (Å²) >= 11 is 2.36. The average Bonchev–Trinajstić information content (AvgIpc) is 3.25. The molecule has 0 aromatic carbocycles. The van der Waals surface area contributed by atoms with E-state index in [9.17, 15) is 34.2 Å². The molecule has 0 aromatic heterocycles. The molecule has 4 rings (SSSR count). The molecule has 0 bridgehead atoms. The number of rotatable bonds is 13. The van der Waals surface area contributed by atoms with Crippen LogP contribution >= 0.6 is 23.5 Å². The van der Waals surface area contributed by atoms with E-state index in [4.69, 9.17) is 22.0 Å². The van der Waals surface area contributed by atoms with Crippen molar-refractivity contribution in [3.63, 3.8) is 0 Å². The van der Waals surface area contributed by atoms with E-state index in [0.717, 1.165) is 16.7 Å². The highest BCUT2D eigenvalue weighted by molar-refractivity contribution is 8.05. The number of carboxylic acid groups (broad SMARTS) is 2. The Kier molecular flexibility index (Phi) is 11.4. The zero-order chi connectivity index (χ0) is 35.2. The Morgan fingerprint density at radius 2 is 2.00 bits per heavy atom. The quantitative estimate of drug-likeness (QED) is 0.0721. The maximum absolute atomic E-state index is 13.5. The van der Waals surface area contributed by atoms with Gasteiger partial charge in [-0.1, -0.05) is 41.2 Å². The fraction of sp³-hybridized carbons (Fsp3) is 0.345. The van der Waals surface area contributed by atoms with Crippen LogP contribution in [0, 0.1) is 0 Å². The normalized spacial score (nSPS) is 21.3. The number of aliphatic carboxylic acids is 2. The van der Waals surface area contributed by atoms with Crippen LogP contribution in [0.2, 0.25) is 0 Å². The monoisotopic (exact) mass is 701 g/mol. The van der Waals surface area contributed by atoms with E-state index in [1.165, 1.54) is 37.1 Å². The van der Waals surface area contributed by atoms with Gasteiger partial charge in [0, 0.05) is 37.0 Å². The summed E-state index contributed by atoms with van der Waals surface area (Å²) in [6.07, 6.45) is 9.73. The van der Waals surface area contributed by atoms with Crippen molar-refractivity contribution in [1.82, 2.24) is 20.4 Å². The lowest BCUT2D eigenvalue weighted by atomic mass is 10.0. The van der Waals surface area contributed by atoms with Crippen LogP contribution < -0.4 is 27.8 Å². The summed E-state index contributed by atoms with van der Waals surface area (Å²) in [5, 5.41) is 29.8. The molecule has 10 N–H and O–H groups in total. The molecule has 17 nitrogen and oxygen atoms in total. The number of carbonyl (C=O) groups excluding carboxylic acids is 3. The molecule has 48 heavy (non-hydrogen) atoms. The van der Waals surface area contributed by atoms with Gasteiger partial charge in [0.1, 0.15) is 29.6 Å². The Balaban J connectivity index is 1.48. The third-order valence-corrected chi connectivity index (χ3v) is 9.11. The van der Waals surface area contributed by atoms with Gasteiger partial charge in [-0.2, -0.15) is 0 Å². The lowest BCUT2D eigenvalue weighted by molar-refractivity contribution is -0.161. The van der Waals surface area contributed by atoms with E-state index < -0.39 is 40.8 Å². The summed E-state index contributed by atoms with van der Waals surface area (Å²) < 4.78 is 0. The SMILES string of the molecule is CC(C)(O/N=C(\C(=O)N[C@@H]1C(=O)N2C(C(=O)O)=C(/C=C/CN3C=C(NC(=O)CCN)C(N)=NC3)CSC12)C1=CSC(N)=CC=C1)C(=O)O. The number of hydrogen-bond acceptors (Lipinski definition) is 14. The predicted octanol–water partition coefficient (Wildman–Crippen LogP) is -0.559. The number of fused-ring (bicyclic) bond motifs is 1. The number of amidine groups is 1. The van der Waals surface area contributed by atoms with Crippen LogP contribution in [-0.2, 0) is 28.8 Å². The number of β-lactam (4-membered cyclic amide) rings is 1. The van der Waals surface area contributed by atoms with E-state index in [1.807, 2.05) is 0 Å². The van der Waals surface area contributed by atoms with Crippen LogP contribution in [0.15, 0.2) is 79.7 Å². The van der Waals surface area contributed by atoms with Crippen molar-refractivity contribution in [2.24, 2.45) is 27.3 Å². The summed E-state index contributed by atoms with van der Waals surface area (Å²) in [5.74, 6) is -4.05. The Morgan fingerprint density at radius 1 is 1.25 bits per heavy atom. The van der Waals surface area contributed by atoms with Gasteiger partial charge >= 0.3 is 11.9 Å². The number of carboxylic acids is 2. The minimum atomic E-state index is -1.77. The summed E-state index contributed by atoms with van der Waals surface area (Å²) in [7, 11) is 0. The highest BCUT2D eigenvalue weighted by Gasteiger charge is 2.54.